The third-order valence-corrected chi connectivity index (χ3v) is 9.79. The molecule has 0 fully saturated rings. The van der Waals surface area contributed by atoms with Gasteiger partial charge in [0.05, 0.1) is 50.8 Å². The minimum absolute atomic E-state index is 0. The summed E-state index contributed by atoms with van der Waals surface area (Å²) >= 11 is 0. The van der Waals surface area contributed by atoms with Crippen molar-refractivity contribution in [3.8, 4) is 23.0 Å². The maximum Gasteiger partial charge on any atom is 0.317 e. The number of aromatic nitrogens is 2. The summed E-state index contributed by atoms with van der Waals surface area (Å²) in [7, 11) is -1.02. The van der Waals surface area contributed by atoms with Gasteiger partial charge >= 0.3 is 5.97 Å². The molecule has 55 heavy (non-hydrogen) atoms. The third kappa shape index (κ3) is 10.9. The second-order valence-corrected chi connectivity index (χ2v) is 14.1. The summed E-state index contributed by atoms with van der Waals surface area (Å²) in [4.78, 5) is 35.2. The SMILES string of the molecule is [CH2-]OC(=O)CN(CCN(CC(=O)O)C(c1ccccn1)c1cc(OC)cc(S(=O)(=O)O)c1O[CH2-])[C@H](c1ccccn1)c1cc(OC)cc(S(=O)(=O)O)c1O.[Mn]. The Bertz CT molecular complexity index is 2180. The van der Waals surface area contributed by atoms with Gasteiger partial charge in [-0.25, -0.2) is 0 Å². The number of rotatable bonds is 18. The van der Waals surface area contributed by atoms with Crippen molar-refractivity contribution < 1.29 is 81.8 Å². The topological polar surface area (TPSA) is 253 Å². The molecule has 0 saturated carbocycles. The Morgan fingerprint density at radius 3 is 1.65 bits per heavy atom. The molecule has 0 bridgehead atoms. The van der Waals surface area contributed by atoms with Crippen LogP contribution in [0.15, 0.2) is 82.8 Å². The van der Waals surface area contributed by atoms with Crippen molar-refractivity contribution in [3.63, 3.8) is 0 Å². The zero-order valence-electron chi connectivity index (χ0n) is 29.2. The number of nitrogens with zero attached hydrogens (tertiary/aromatic N) is 4. The van der Waals surface area contributed by atoms with Crippen LogP contribution in [0.4, 0.5) is 0 Å². The van der Waals surface area contributed by atoms with Gasteiger partial charge in [0.1, 0.15) is 32.8 Å². The van der Waals surface area contributed by atoms with Crippen LogP contribution in [0.25, 0.3) is 0 Å². The Balaban J connectivity index is 0.00000812. The number of ether oxygens (including phenoxy) is 4. The van der Waals surface area contributed by atoms with Gasteiger partial charge in [0.25, 0.3) is 26.2 Å². The van der Waals surface area contributed by atoms with Crippen molar-refractivity contribution in [2.24, 2.45) is 0 Å². The number of aromatic hydroxyl groups is 1. The molecule has 2 aromatic carbocycles. The molecular weight excluding hydrogens is 807 g/mol. The van der Waals surface area contributed by atoms with Crippen molar-refractivity contribution in [1.82, 2.24) is 19.8 Å². The fourth-order valence-corrected chi connectivity index (χ4v) is 7.10. The van der Waals surface area contributed by atoms with E-state index in [1.807, 2.05) is 0 Å². The van der Waals surface area contributed by atoms with Gasteiger partial charge in [0.2, 0.25) is 0 Å². The summed E-state index contributed by atoms with van der Waals surface area (Å²) in [5.74, 6) is -3.77. The summed E-state index contributed by atoms with van der Waals surface area (Å²) in [6.07, 6.45) is 2.80. The van der Waals surface area contributed by atoms with Crippen LogP contribution in [0.5, 0.6) is 23.0 Å². The molecule has 0 amide bonds. The van der Waals surface area contributed by atoms with Crippen LogP contribution in [0.3, 0.4) is 0 Å². The number of aliphatic carboxylic acids is 1. The summed E-state index contributed by atoms with van der Waals surface area (Å²) in [6, 6.07) is 11.3. The molecule has 2 aromatic heterocycles. The molecule has 4 N–H and O–H groups in total. The molecular formula is C34H36MnN4O14S2-2. The second-order valence-electron chi connectivity index (χ2n) is 11.4. The van der Waals surface area contributed by atoms with Gasteiger partial charge in [-0.15, -0.1) is 0 Å². The van der Waals surface area contributed by atoms with Gasteiger partial charge in [-0.2, -0.15) is 31.1 Å². The van der Waals surface area contributed by atoms with E-state index in [2.05, 4.69) is 24.2 Å². The number of carboxylic acids is 1. The summed E-state index contributed by atoms with van der Waals surface area (Å²) in [5, 5.41) is 21.5. The zero-order valence-corrected chi connectivity index (χ0v) is 32.0. The van der Waals surface area contributed by atoms with E-state index >= 15 is 0 Å². The minimum Gasteiger partial charge on any atom is -0.664 e. The van der Waals surface area contributed by atoms with Gasteiger partial charge in [0.15, 0.2) is 0 Å². The first kappa shape index (κ1) is 44.5. The van der Waals surface area contributed by atoms with Crippen LogP contribution in [0, 0.1) is 14.2 Å². The predicted molar refractivity (Wildman–Crippen MR) is 188 cm³/mol. The fraction of sp³-hybridized carbons (Fsp3) is 0.235. The number of carbonyl (C=O) groups is 2. The molecule has 297 valence electrons. The first-order chi connectivity index (χ1) is 25.5. The Kier molecular flexibility index (Phi) is 15.5. The fourth-order valence-electron chi connectivity index (χ4n) is 5.79. The largest absolute Gasteiger partial charge is 0.664 e. The van der Waals surface area contributed by atoms with Crippen LogP contribution in [-0.4, -0.2) is 108 Å². The van der Waals surface area contributed by atoms with Crippen LogP contribution >= 0.6 is 0 Å². The summed E-state index contributed by atoms with van der Waals surface area (Å²) < 4.78 is 90.3. The monoisotopic (exact) mass is 843 g/mol. The van der Waals surface area contributed by atoms with E-state index in [0.29, 0.717) is 0 Å². The predicted octanol–water partition coefficient (Wildman–Crippen LogP) is 2.76. The number of carbonyl (C=O) groups excluding carboxylic acids is 1. The van der Waals surface area contributed by atoms with Gasteiger partial charge in [-0.05, 0) is 36.4 Å². The molecule has 2 atom stereocenters. The van der Waals surface area contributed by atoms with E-state index in [9.17, 15) is 45.7 Å². The normalized spacial score (nSPS) is 12.7. The van der Waals surface area contributed by atoms with Gasteiger partial charge in [-0.3, -0.25) is 38.5 Å². The number of methoxy groups -OCH3 is 2. The third-order valence-electron chi connectivity index (χ3n) is 8.07. The molecule has 2 heterocycles. The average molecular weight is 844 g/mol. The van der Waals surface area contributed by atoms with Crippen LogP contribution < -0.4 is 14.2 Å². The number of phenols is 1. The van der Waals surface area contributed by atoms with E-state index < -0.39 is 78.6 Å². The maximum atomic E-state index is 12.9. The first-order valence-electron chi connectivity index (χ1n) is 15.5. The zero-order chi connectivity index (χ0) is 39.8. The Morgan fingerprint density at radius 2 is 1.24 bits per heavy atom. The van der Waals surface area contributed by atoms with Crippen molar-refractivity contribution >= 4 is 32.2 Å². The van der Waals surface area contributed by atoms with Crippen molar-refractivity contribution in [3.05, 3.63) is 110 Å². The number of benzene rings is 2. The van der Waals surface area contributed by atoms with E-state index in [0.717, 1.165) is 12.1 Å². The molecule has 21 heteroatoms. The van der Waals surface area contributed by atoms with Gasteiger partial charge in [0, 0.05) is 65.8 Å². The summed E-state index contributed by atoms with van der Waals surface area (Å²) in [5.41, 5.74) is 0.107. The summed E-state index contributed by atoms with van der Waals surface area (Å²) in [6.45, 7) is -1.93. The second kappa shape index (κ2) is 19.1. The molecule has 0 aliphatic carbocycles. The number of hydrogen-bond donors (Lipinski definition) is 4. The van der Waals surface area contributed by atoms with Crippen LogP contribution in [0.2, 0.25) is 0 Å². The molecule has 4 rings (SSSR count). The molecule has 0 saturated heterocycles. The molecule has 0 spiro atoms. The molecule has 18 nitrogen and oxygen atoms in total. The van der Waals surface area contributed by atoms with E-state index in [1.165, 1.54) is 60.7 Å². The van der Waals surface area contributed by atoms with E-state index in [1.54, 1.807) is 24.3 Å². The van der Waals surface area contributed by atoms with Gasteiger partial charge < -0.3 is 29.2 Å². The van der Waals surface area contributed by atoms with Crippen LogP contribution in [0.1, 0.15) is 34.6 Å². The molecule has 1 unspecified atom stereocenters. The quantitative estimate of drug-likeness (QED) is 0.0486. The van der Waals surface area contributed by atoms with Crippen molar-refractivity contribution in [1.29, 1.82) is 0 Å². The van der Waals surface area contributed by atoms with E-state index in [-0.39, 0.29) is 64.2 Å². The van der Waals surface area contributed by atoms with Crippen molar-refractivity contribution in [2.75, 3.05) is 40.4 Å². The molecule has 0 aliphatic rings. The minimum atomic E-state index is -5.03. The average Bonchev–Trinajstić information content (AvgIpc) is 3.13. The maximum absolute atomic E-state index is 12.9. The number of carboxylic acid groups (broad SMARTS) is 1. The number of hydrogen-bond acceptors (Lipinski definition) is 15. The number of phenolic OH excluding ortho intramolecular Hbond substituents is 1. The van der Waals surface area contributed by atoms with Gasteiger partial charge in [-0.1, -0.05) is 12.1 Å². The standard InChI is InChI=1S/C34H36N4O14S2.Mn/c1-49-21-15-23(33(42)27(17-21)53(43,44)45)31(25-9-5-7-11-35-25)38(20-30(41)51-3)14-13-37(19-29(39)40)32(26-10-6-8-12-36-26)24-16-22(50-2)18-28(34(24)52-4)54(46,47)48;/h5-12,15-18,31-32,42H,3-4,13-14,19-20H2,1-2H3,(H,39,40)(H,43,44,45)(H,46,47,48);/q-2;/t31-,32?;/m0./s1. The smallest absolute Gasteiger partial charge is 0.317 e. The Hall–Kier alpha value is -4.86. The Labute approximate surface area is 327 Å². The first-order valence-corrected chi connectivity index (χ1v) is 18.4. The van der Waals surface area contributed by atoms with Crippen LogP contribution in [-0.2, 0) is 51.6 Å². The van der Waals surface area contributed by atoms with Crippen molar-refractivity contribution in [2.45, 2.75) is 21.9 Å². The Morgan fingerprint density at radius 1 is 0.764 bits per heavy atom. The molecule has 0 aliphatic heterocycles. The molecule has 1 radical (unpaired) electrons. The number of pyridine rings is 2. The molecule has 4 aromatic rings. The van der Waals surface area contributed by atoms with E-state index in [4.69, 9.17) is 18.9 Å². The number of esters is 1.